The number of hydrogen-bond acceptors (Lipinski definition) is 5. The first-order valence-corrected chi connectivity index (χ1v) is 8.19. The second-order valence-electron chi connectivity index (χ2n) is 5.98. The van der Waals surface area contributed by atoms with Crippen molar-refractivity contribution in [3.05, 3.63) is 46.5 Å². The number of non-ortho nitro benzene ring substituents is 1. The molecule has 1 aliphatic heterocycles. The Labute approximate surface area is 140 Å². The fourth-order valence-electron chi connectivity index (χ4n) is 3.27. The molecule has 0 aromatic heterocycles. The summed E-state index contributed by atoms with van der Waals surface area (Å²) in [6.07, 6.45) is 1.66. The molecular formula is C18H20N2O4. The number of carbonyl (C=O) groups excluding carboxylic acids is 1. The van der Waals surface area contributed by atoms with Gasteiger partial charge in [0.2, 0.25) is 0 Å². The van der Waals surface area contributed by atoms with Crippen molar-refractivity contribution in [2.45, 2.75) is 19.8 Å². The van der Waals surface area contributed by atoms with Crippen LogP contribution in [0, 0.1) is 16.0 Å². The van der Waals surface area contributed by atoms with E-state index in [1.54, 1.807) is 25.1 Å². The number of esters is 1. The van der Waals surface area contributed by atoms with E-state index < -0.39 is 0 Å². The number of carbonyl (C=O) groups is 1. The highest BCUT2D eigenvalue weighted by Crippen LogP contribution is 2.33. The molecular weight excluding hydrogens is 308 g/mol. The monoisotopic (exact) mass is 328 g/mol. The smallest absolute Gasteiger partial charge is 0.310 e. The Balaban J connectivity index is 1.94. The summed E-state index contributed by atoms with van der Waals surface area (Å²) in [6, 6.07) is 10.9. The van der Waals surface area contributed by atoms with Crippen LogP contribution < -0.4 is 4.90 Å². The largest absolute Gasteiger partial charge is 0.466 e. The molecule has 1 saturated heterocycles. The van der Waals surface area contributed by atoms with Crippen LogP contribution in [0.25, 0.3) is 10.8 Å². The summed E-state index contributed by atoms with van der Waals surface area (Å²) >= 11 is 0. The van der Waals surface area contributed by atoms with Crippen LogP contribution in [0.15, 0.2) is 36.4 Å². The van der Waals surface area contributed by atoms with Gasteiger partial charge in [-0.25, -0.2) is 0 Å². The van der Waals surface area contributed by atoms with Gasteiger partial charge in [0.25, 0.3) is 5.69 Å². The maximum atomic E-state index is 12.0. The molecule has 3 rings (SSSR count). The molecule has 1 heterocycles. The van der Waals surface area contributed by atoms with Crippen molar-refractivity contribution in [3.63, 3.8) is 0 Å². The highest BCUT2D eigenvalue weighted by atomic mass is 16.6. The van der Waals surface area contributed by atoms with Crippen molar-refractivity contribution >= 4 is 28.1 Å². The zero-order valence-electron chi connectivity index (χ0n) is 13.6. The number of rotatable bonds is 4. The minimum absolute atomic E-state index is 0.0985. The molecule has 1 unspecified atom stereocenters. The van der Waals surface area contributed by atoms with Crippen LogP contribution in [0.5, 0.6) is 0 Å². The van der Waals surface area contributed by atoms with Crippen molar-refractivity contribution < 1.29 is 14.5 Å². The number of fused-ring (bicyclic) bond motifs is 1. The second-order valence-corrected chi connectivity index (χ2v) is 5.98. The van der Waals surface area contributed by atoms with Gasteiger partial charge in [0, 0.05) is 24.8 Å². The molecule has 0 aliphatic carbocycles. The summed E-state index contributed by atoms with van der Waals surface area (Å²) < 4.78 is 5.12. The number of hydrogen-bond donors (Lipinski definition) is 0. The Morgan fingerprint density at radius 2 is 2.17 bits per heavy atom. The quantitative estimate of drug-likeness (QED) is 0.488. The molecule has 0 saturated carbocycles. The molecule has 0 N–H and O–H groups in total. The summed E-state index contributed by atoms with van der Waals surface area (Å²) in [5.41, 5.74) is 0.885. The van der Waals surface area contributed by atoms with E-state index in [9.17, 15) is 14.9 Å². The lowest BCUT2D eigenvalue weighted by molar-refractivity contribution is -0.383. The molecule has 0 amide bonds. The number of piperidine rings is 1. The average Bonchev–Trinajstić information content (AvgIpc) is 2.61. The minimum Gasteiger partial charge on any atom is -0.466 e. The summed E-state index contributed by atoms with van der Waals surface area (Å²) in [7, 11) is 0. The number of nitrogens with zero attached hydrogens (tertiary/aromatic N) is 2. The van der Waals surface area contributed by atoms with Crippen LogP contribution in [0.1, 0.15) is 19.8 Å². The van der Waals surface area contributed by atoms with Crippen LogP contribution in [0.2, 0.25) is 0 Å². The van der Waals surface area contributed by atoms with Crippen LogP contribution in [0.3, 0.4) is 0 Å². The SMILES string of the molecule is CCOC(=O)C1CCCN(c2cc([N+](=O)[O-])c3ccccc3c2)C1. The normalized spacial score (nSPS) is 17.7. The number of benzene rings is 2. The van der Waals surface area contributed by atoms with Gasteiger partial charge in [0.1, 0.15) is 0 Å². The molecule has 0 radical (unpaired) electrons. The Hall–Kier alpha value is -2.63. The van der Waals surface area contributed by atoms with Crippen molar-refractivity contribution in [2.75, 3.05) is 24.6 Å². The zero-order valence-corrected chi connectivity index (χ0v) is 13.6. The van der Waals surface area contributed by atoms with Crippen LogP contribution in [-0.2, 0) is 9.53 Å². The second kappa shape index (κ2) is 6.86. The van der Waals surface area contributed by atoms with E-state index in [0.717, 1.165) is 30.5 Å². The first-order chi connectivity index (χ1) is 11.6. The summed E-state index contributed by atoms with van der Waals surface area (Å²) in [4.78, 5) is 25.1. The summed E-state index contributed by atoms with van der Waals surface area (Å²) in [5.74, 6) is -0.360. The van der Waals surface area contributed by atoms with Gasteiger partial charge in [0.15, 0.2) is 0 Å². The lowest BCUT2D eigenvalue weighted by Gasteiger charge is -2.33. The van der Waals surface area contributed by atoms with Gasteiger partial charge in [0.05, 0.1) is 22.8 Å². The van der Waals surface area contributed by atoms with E-state index in [-0.39, 0.29) is 22.5 Å². The van der Waals surface area contributed by atoms with Gasteiger partial charge in [-0.2, -0.15) is 0 Å². The fourth-order valence-corrected chi connectivity index (χ4v) is 3.27. The molecule has 6 heteroatoms. The third-order valence-corrected chi connectivity index (χ3v) is 4.43. The molecule has 0 bridgehead atoms. The summed E-state index contributed by atoms with van der Waals surface area (Å²) in [5, 5.41) is 12.9. The summed E-state index contributed by atoms with van der Waals surface area (Å²) in [6.45, 7) is 3.49. The first-order valence-electron chi connectivity index (χ1n) is 8.19. The third kappa shape index (κ3) is 3.18. The lowest BCUT2D eigenvalue weighted by atomic mass is 9.97. The van der Waals surface area contributed by atoms with E-state index in [4.69, 9.17) is 4.74 Å². The van der Waals surface area contributed by atoms with E-state index in [0.29, 0.717) is 18.5 Å². The van der Waals surface area contributed by atoms with Gasteiger partial charge in [-0.1, -0.05) is 18.2 Å². The third-order valence-electron chi connectivity index (χ3n) is 4.43. The van der Waals surface area contributed by atoms with Crippen molar-refractivity contribution in [1.29, 1.82) is 0 Å². The number of nitro groups is 1. The predicted octanol–water partition coefficient (Wildman–Crippen LogP) is 3.53. The average molecular weight is 328 g/mol. The molecule has 126 valence electrons. The Bertz CT molecular complexity index is 775. The van der Waals surface area contributed by atoms with Crippen LogP contribution in [-0.4, -0.2) is 30.6 Å². The highest BCUT2D eigenvalue weighted by Gasteiger charge is 2.28. The van der Waals surface area contributed by atoms with Gasteiger partial charge >= 0.3 is 5.97 Å². The molecule has 2 aromatic rings. The van der Waals surface area contributed by atoms with Gasteiger partial charge in [-0.3, -0.25) is 14.9 Å². The molecule has 24 heavy (non-hydrogen) atoms. The fraction of sp³-hybridized carbons (Fsp3) is 0.389. The van der Waals surface area contributed by atoms with Crippen molar-refractivity contribution in [1.82, 2.24) is 0 Å². The van der Waals surface area contributed by atoms with Crippen LogP contribution >= 0.6 is 0 Å². The zero-order chi connectivity index (χ0) is 17.1. The highest BCUT2D eigenvalue weighted by molar-refractivity contribution is 5.94. The van der Waals surface area contributed by atoms with E-state index >= 15 is 0 Å². The Morgan fingerprint density at radius 3 is 2.92 bits per heavy atom. The van der Waals surface area contributed by atoms with Crippen LogP contribution in [0.4, 0.5) is 11.4 Å². The molecule has 6 nitrogen and oxygen atoms in total. The van der Waals surface area contributed by atoms with E-state index in [1.165, 1.54) is 0 Å². The van der Waals surface area contributed by atoms with Gasteiger partial charge in [-0.05, 0) is 37.3 Å². The van der Waals surface area contributed by atoms with E-state index in [1.807, 2.05) is 23.1 Å². The van der Waals surface area contributed by atoms with E-state index in [2.05, 4.69) is 0 Å². The lowest BCUT2D eigenvalue weighted by Crippen LogP contribution is -2.39. The standard InChI is InChI=1S/C18H20N2O4/c1-2-24-18(21)14-7-5-9-19(12-14)15-10-13-6-3-4-8-16(13)17(11-15)20(22)23/h3-4,6,8,10-11,14H,2,5,7,9,12H2,1H3. The van der Waals surface area contributed by atoms with Gasteiger partial charge in [-0.15, -0.1) is 0 Å². The minimum atomic E-state index is -0.349. The molecule has 1 aliphatic rings. The number of ether oxygens (including phenoxy) is 1. The Kier molecular flexibility index (Phi) is 4.64. The predicted molar refractivity (Wildman–Crippen MR) is 92.2 cm³/mol. The first kappa shape index (κ1) is 16.2. The Morgan fingerprint density at radius 1 is 1.38 bits per heavy atom. The van der Waals surface area contributed by atoms with Gasteiger partial charge < -0.3 is 9.64 Å². The number of nitro benzene ring substituents is 1. The molecule has 1 fully saturated rings. The van der Waals surface area contributed by atoms with Crippen molar-refractivity contribution in [2.24, 2.45) is 5.92 Å². The molecule has 2 aromatic carbocycles. The maximum Gasteiger partial charge on any atom is 0.310 e. The molecule has 1 atom stereocenters. The van der Waals surface area contributed by atoms with Crippen molar-refractivity contribution in [3.8, 4) is 0 Å². The topological polar surface area (TPSA) is 72.7 Å². The molecule has 0 spiro atoms. The maximum absolute atomic E-state index is 12.0. The number of anilines is 1.